The molecule has 0 saturated carbocycles. The van der Waals surface area contributed by atoms with E-state index in [4.69, 9.17) is 5.73 Å². The highest BCUT2D eigenvalue weighted by Crippen LogP contribution is 2.28. The van der Waals surface area contributed by atoms with E-state index in [0.29, 0.717) is 5.69 Å². The van der Waals surface area contributed by atoms with Crippen LogP contribution in [0.3, 0.4) is 0 Å². The van der Waals surface area contributed by atoms with Crippen molar-refractivity contribution in [2.75, 3.05) is 5.73 Å². The zero-order valence-electron chi connectivity index (χ0n) is 14.1. The summed E-state index contributed by atoms with van der Waals surface area (Å²) in [7, 11) is 0. The van der Waals surface area contributed by atoms with Crippen molar-refractivity contribution in [2.24, 2.45) is 0 Å². The number of aryl methyl sites for hydroxylation is 1. The molecule has 0 aliphatic heterocycles. The Labute approximate surface area is 147 Å². The standard InChI is InChI=1S/C21H20N4/c1-15-12-19(22)21-24-23-20(25(21)14-15)13-18(16-8-4-2-5-9-16)17-10-6-3-7-11-17/h2-12,14,18H,13,22H2,1H3. The van der Waals surface area contributed by atoms with E-state index >= 15 is 0 Å². The second kappa shape index (κ2) is 6.40. The smallest absolute Gasteiger partial charge is 0.184 e. The third-order valence-corrected chi connectivity index (χ3v) is 4.53. The van der Waals surface area contributed by atoms with Crippen LogP contribution in [0.25, 0.3) is 5.65 Å². The lowest BCUT2D eigenvalue weighted by atomic mass is 9.88. The van der Waals surface area contributed by atoms with Gasteiger partial charge in [0.15, 0.2) is 5.65 Å². The normalized spacial score (nSPS) is 11.3. The lowest BCUT2D eigenvalue weighted by molar-refractivity contribution is 0.744. The quantitative estimate of drug-likeness (QED) is 0.616. The molecule has 0 unspecified atom stereocenters. The molecule has 0 saturated heterocycles. The first-order valence-electron chi connectivity index (χ1n) is 8.42. The van der Waals surface area contributed by atoms with Gasteiger partial charge < -0.3 is 5.73 Å². The Kier molecular flexibility index (Phi) is 3.94. The number of nitrogens with two attached hydrogens (primary N) is 1. The van der Waals surface area contributed by atoms with Gasteiger partial charge in [0.2, 0.25) is 0 Å². The van der Waals surface area contributed by atoms with E-state index < -0.39 is 0 Å². The van der Waals surface area contributed by atoms with E-state index in [1.165, 1.54) is 11.1 Å². The Morgan fingerprint density at radius 1 is 0.920 bits per heavy atom. The third kappa shape index (κ3) is 2.98. The predicted octanol–water partition coefficient (Wildman–Crippen LogP) is 3.99. The predicted molar refractivity (Wildman–Crippen MR) is 101 cm³/mol. The number of rotatable bonds is 4. The van der Waals surface area contributed by atoms with Crippen LogP contribution in [0.2, 0.25) is 0 Å². The highest BCUT2D eigenvalue weighted by molar-refractivity contribution is 5.65. The molecule has 0 spiro atoms. The molecule has 2 aromatic carbocycles. The number of benzene rings is 2. The van der Waals surface area contributed by atoms with E-state index in [9.17, 15) is 0 Å². The molecule has 4 heteroatoms. The molecule has 25 heavy (non-hydrogen) atoms. The van der Waals surface area contributed by atoms with Crippen LogP contribution in [0.4, 0.5) is 5.69 Å². The van der Waals surface area contributed by atoms with Gasteiger partial charge in [-0.25, -0.2) is 0 Å². The molecule has 2 aromatic heterocycles. The highest BCUT2D eigenvalue weighted by atomic mass is 15.2. The van der Waals surface area contributed by atoms with E-state index in [0.717, 1.165) is 23.5 Å². The van der Waals surface area contributed by atoms with Crippen LogP contribution in [0.1, 0.15) is 28.4 Å². The topological polar surface area (TPSA) is 56.2 Å². The monoisotopic (exact) mass is 328 g/mol. The Morgan fingerprint density at radius 3 is 2.12 bits per heavy atom. The van der Waals surface area contributed by atoms with Crippen LogP contribution < -0.4 is 5.73 Å². The van der Waals surface area contributed by atoms with Crippen molar-refractivity contribution >= 4 is 11.3 Å². The van der Waals surface area contributed by atoms with Crippen molar-refractivity contribution in [2.45, 2.75) is 19.3 Å². The van der Waals surface area contributed by atoms with Gasteiger partial charge in [0.05, 0.1) is 5.69 Å². The van der Waals surface area contributed by atoms with Crippen molar-refractivity contribution in [3.05, 3.63) is 95.4 Å². The molecular weight excluding hydrogens is 308 g/mol. The van der Waals surface area contributed by atoms with Gasteiger partial charge in [0, 0.05) is 18.5 Å². The fourth-order valence-electron chi connectivity index (χ4n) is 3.33. The molecular formula is C21H20N4. The van der Waals surface area contributed by atoms with Crippen molar-refractivity contribution in [1.29, 1.82) is 0 Å². The molecule has 0 fully saturated rings. The summed E-state index contributed by atoms with van der Waals surface area (Å²) in [6.45, 7) is 2.03. The molecule has 4 aromatic rings. The Bertz CT molecular complexity index is 951. The molecule has 0 aliphatic rings. The minimum Gasteiger partial charge on any atom is -0.396 e. The minimum atomic E-state index is 0.219. The first kappa shape index (κ1) is 15.4. The summed E-state index contributed by atoms with van der Waals surface area (Å²) < 4.78 is 2.02. The van der Waals surface area contributed by atoms with Crippen molar-refractivity contribution in [3.63, 3.8) is 0 Å². The van der Waals surface area contributed by atoms with Crippen LogP contribution in [0.15, 0.2) is 72.9 Å². The van der Waals surface area contributed by atoms with Gasteiger partial charge in [-0.05, 0) is 29.7 Å². The first-order chi connectivity index (χ1) is 12.2. The van der Waals surface area contributed by atoms with E-state index in [1.54, 1.807) is 0 Å². The van der Waals surface area contributed by atoms with E-state index in [1.807, 2.05) is 35.7 Å². The molecule has 0 radical (unpaired) electrons. The molecule has 2 N–H and O–H groups in total. The summed E-state index contributed by atoms with van der Waals surface area (Å²) in [5.74, 6) is 1.14. The number of pyridine rings is 1. The molecule has 2 heterocycles. The lowest BCUT2D eigenvalue weighted by Gasteiger charge is -2.17. The number of fused-ring (bicyclic) bond motifs is 1. The maximum Gasteiger partial charge on any atom is 0.184 e. The summed E-state index contributed by atoms with van der Waals surface area (Å²) in [5.41, 5.74) is 11.1. The van der Waals surface area contributed by atoms with Gasteiger partial charge >= 0.3 is 0 Å². The van der Waals surface area contributed by atoms with Crippen LogP contribution in [0.5, 0.6) is 0 Å². The maximum absolute atomic E-state index is 6.10. The van der Waals surface area contributed by atoms with Crippen LogP contribution >= 0.6 is 0 Å². The fourth-order valence-corrected chi connectivity index (χ4v) is 3.33. The number of hydrogen-bond donors (Lipinski definition) is 1. The van der Waals surface area contributed by atoms with Gasteiger partial charge in [-0.2, -0.15) is 0 Å². The van der Waals surface area contributed by atoms with Gasteiger partial charge in [0.1, 0.15) is 5.82 Å². The molecule has 0 atom stereocenters. The van der Waals surface area contributed by atoms with Gasteiger partial charge in [0.25, 0.3) is 0 Å². The number of hydrogen-bond acceptors (Lipinski definition) is 3. The summed E-state index contributed by atoms with van der Waals surface area (Å²) in [4.78, 5) is 0. The van der Waals surface area contributed by atoms with Crippen molar-refractivity contribution < 1.29 is 0 Å². The highest BCUT2D eigenvalue weighted by Gasteiger charge is 2.18. The molecule has 124 valence electrons. The molecule has 4 rings (SSSR count). The zero-order chi connectivity index (χ0) is 17.2. The molecule has 0 amide bonds. The van der Waals surface area contributed by atoms with E-state index in [-0.39, 0.29) is 5.92 Å². The second-order valence-corrected chi connectivity index (χ2v) is 6.36. The van der Waals surface area contributed by atoms with E-state index in [2.05, 4.69) is 58.7 Å². The van der Waals surface area contributed by atoms with Crippen LogP contribution in [-0.4, -0.2) is 14.6 Å². The molecule has 4 nitrogen and oxygen atoms in total. The van der Waals surface area contributed by atoms with Gasteiger partial charge in [-0.3, -0.25) is 4.40 Å². The summed E-state index contributed by atoms with van der Waals surface area (Å²) >= 11 is 0. The van der Waals surface area contributed by atoms with Gasteiger partial charge in [-0.15, -0.1) is 10.2 Å². The average molecular weight is 328 g/mol. The summed E-state index contributed by atoms with van der Waals surface area (Å²) in [6.07, 6.45) is 2.81. The number of anilines is 1. The van der Waals surface area contributed by atoms with Crippen LogP contribution in [-0.2, 0) is 6.42 Å². The second-order valence-electron chi connectivity index (χ2n) is 6.36. The largest absolute Gasteiger partial charge is 0.396 e. The number of nitrogens with zero attached hydrogens (tertiary/aromatic N) is 3. The van der Waals surface area contributed by atoms with Gasteiger partial charge in [-0.1, -0.05) is 60.7 Å². The first-order valence-corrected chi connectivity index (χ1v) is 8.42. The molecule has 0 aliphatic carbocycles. The van der Waals surface area contributed by atoms with Crippen molar-refractivity contribution in [1.82, 2.24) is 14.6 Å². The maximum atomic E-state index is 6.10. The summed E-state index contributed by atoms with van der Waals surface area (Å²) in [5, 5.41) is 8.71. The molecule has 0 bridgehead atoms. The third-order valence-electron chi connectivity index (χ3n) is 4.53. The zero-order valence-corrected chi connectivity index (χ0v) is 14.1. The fraction of sp³-hybridized carbons (Fsp3) is 0.143. The Balaban J connectivity index is 1.80. The summed E-state index contributed by atoms with van der Waals surface area (Å²) in [6, 6.07) is 23.0. The van der Waals surface area contributed by atoms with Crippen molar-refractivity contribution in [3.8, 4) is 0 Å². The van der Waals surface area contributed by atoms with Crippen LogP contribution in [0, 0.1) is 6.92 Å². The SMILES string of the molecule is Cc1cc(N)c2nnc(CC(c3ccccc3)c3ccccc3)n2c1. The minimum absolute atomic E-state index is 0.219. The number of aromatic nitrogens is 3. The Morgan fingerprint density at radius 2 is 1.52 bits per heavy atom. The lowest BCUT2D eigenvalue weighted by Crippen LogP contribution is -2.08. The number of nitrogen functional groups attached to an aromatic ring is 1. The Hall–Kier alpha value is -3.14. The average Bonchev–Trinajstić information content (AvgIpc) is 3.04.